The highest BCUT2D eigenvalue weighted by Crippen LogP contribution is 2.04. The highest BCUT2D eigenvalue weighted by molar-refractivity contribution is 5.89. The molecule has 3 nitrogen and oxygen atoms in total. The van der Waals surface area contributed by atoms with Crippen molar-refractivity contribution in [2.75, 3.05) is 0 Å². The Morgan fingerprint density at radius 2 is 1.68 bits per heavy atom. The SMILES string of the molecule is CCCCCC(=O)/C=C/C=C\CCCCCC(=O)O. The van der Waals surface area contributed by atoms with Crippen LogP contribution in [-0.2, 0) is 9.59 Å². The topological polar surface area (TPSA) is 54.4 Å². The van der Waals surface area contributed by atoms with Crippen molar-refractivity contribution in [1.82, 2.24) is 0 Å². The number of carboxylic acid groups (broad SMARTS) is 1. The molecular weight excluding hydrogens is 240 g/mol. The second-order valence-corrected chi connectivity index (χ2v) is 4.70. The van der Waals surface area contributed by atoms with Gasteiger partial charge in [-0.25, -0.2) is 0 Å². The monoisotopic (exact) mass is 266 g/mol. The molecule has 0 bridgehead atoms. The van der Waals surface area contributed by atoms with Gasteiger partial charge in [0, 0.05) is 12.8 Å². The average Bonchev–Trinajstić information content (AvgIpc) is 2.36. The zero-order valence-corrected chi connectivity index (χ0v) is 11.9. The first-order valence-electron chi connectivity index (χ1n) is 7.24. The minimum atomic E-state index is -0.722. The quantitative estimate of drug-likeness (QED) is 0.326. The molecule has 0 spiro atoms. The first kappa shape index (κ1) is 17.6. The second-order valence-electron chi connectivity index (χ2n) is 4.70. The summed E-state index contributed by atoms with van der Waals surface area (Å²) < 4.78 is 0. The molecule has 0 fully saturated rings. The van der Waals surface area contributed by atoms with Crippen LogP contribution in [0.15, 0.2) is 24.3 Å². The number of ketones is 1. The molecule has 0 heterocycles. The van der Waals surface area contributed by atoms with Crippen LogP contribution in [0.1, 0.15) is 64.7 Å². The minimum Gasteiger partial charge on any atom is -0.481 e. The maximum absolute atomic E-state index is 11.4. The molecule has 0 aliphatic rings. The van der Waals surface area contributed by atoms with Crippen LogP contribution in [-0.4, -0.2) is 16.9 Å². The third-order valence-electron chi connectivity index (χ3n) is 2.82. The predicted octanol–water partition coefficient (Wildman–Crippen LogP) is 4.28. The van der Waals surface area contributed by atoms with Gasteiger partial charge in [-0.15, -0.1) is 0 Å². The van der Waals surface area contributed by atoms with E-state index in [0.717, 1.165) is 44.9 Å². The van der Waals surface area contributed by atoms with Crippen LogP contribution in [0.4, 0.5) is 0 Å². The van der Waals surface area contributed by atoms with Crippen LogP contribution in [0.3, 0.4) is 0 Å². The Morgan fingerprint density at radius 3 is 2.37 bits per heavy atom. The van der Waals surface area contributed by atoms with Crippen molar-refractivity contribution in [3.8, 4) is 0 Å². The van der Waals surface area contributed by atoms with Crippen molar-refractivity contribution in [1.29, 1.82) is 0 Å². The molecule has 1 N–H and O–H groups in total. The Bertz CT molecular complexity index is 303. The molecule has 0 aromatic carbocycles. The maximum atomic E-state index is 11.4. The molecule has 0 saturated carbocycles. The van der Waals surface area contributed by atoms with Crippen molar-refractivity contribution in [2.45, 2.75) is 64.7 Å². The highest BCUT2D eigenvalue weighted by atomic mass is 16.4. The third-order valence-corrected chi connectivity index (χ3v) is 2.82. The van der Waals surface area contributed by atoms with Gasteiger partial charge in [0.25, 0.3) is 0 Å². The molecular formula is C16H26O3. The second kappa shape index (κ2) is 13.1. The van der Waals surface area contributed by atoms with E-state index in [2.05, 4.69) is 6.92 Å². The van der Waals surface area contributed by atoms with Gasteiger partial charge in [0.1, 0.15) is 0 Å². The lowest BCUT2D eigenvalue weighted by atomic mass is 10.1. The van der Waals surface area contributed by atoms with Crippen LogP contribution in [0.5, 0.6) is 0 Å². The summed E-state index contributed by atoms with van der Waals surface area (Å²) in [5.74, 6) is -0.528. The molecule has 0 unspecified atom stereocenters. The van der Waals surface area contributed by atoms with E-state index in [1.54, 1.807) is 12.2 Å². The summed E-state index contributed by atoms with van der Waals surface area (Å²) in [6.45, 7) is 2.12. The fraction of sp³-hybridized carbons (Fsp3) is 0.625. The molecule has 0 amide bonds. The van der Waals surface area contributed by atoms with E-state index in [4.69, 9.17) is 5.11 Å². The number of carboxylic acids is 1. The zero-order chi connectivity index (χ0) is 14.3. The largest absolute Gasteiger partial charge is 0.481 e. The lowest BCUT2D eigenvalue weighted by Gasteiger charge is -1.94. The van der Waals surface area contributed by atoms with Crippen molar-refractivity contribution in [3.05, 3.63) is 24.3 Å². The van der Waals surface area contributed by atoms with Crippen LogP contribution < -0.4 is 0 Å². The van der Waals surface area contributed by atoms with Crippen molar-refractivity contribution < 1.29 is 14.7 Å². The summed E-state index contributed by atoms with van der Waals surface area (Å²) in [6, 6.07) is 0. The van der Waals surface area contributed by atoms with Gasteiger partial charge >= 0.3 is 5.97 Å². The summed E-state index contributed by atoms with van der Waals surface area (Å²) in [7, 11) is 0. The van der Waals surface area contributed by atoms with Crippen molar-refractivity contribution in [2.24, 2.45) is 0 Å². The molecule has 0 atom stereocenters. The molecule has 0 rings (SSSR count). The Kier molecular flexibility index (Phi) is 12.1. The van der Waals surface area contributed by atoms with Gasteiger partial charge in [-0.1, -0.05) is 44.4 Å². The van der Waals surface area contributed by atoms with E-state index in [0.29, 0.717) is 6.42 Å². The lowest BCUT2D eigenvalue weighted by Crippen LogP contribution is -1.93. The van der Waals surface area contributed by atoms with Crippen LogP contribution in [0, 0.1) is 0 Å². The van der Waals surface area contributed by atoms with Gasteiger partial charge < -0.3 is 5.11 Å². The molecule has 3 heteroatoms. The predicted molar refractivity (Wildman–Crippen MR) is 78.1 cm³/mol. The Hall–Kier alpha value is -1.38. The summed E-state index contributed by atoms with van der Waals surface area (Å²) in [4.78, 5) is 21.7. The van der Waals surface area contributed by atoms with Crippen molar-refractivity contribution >= 4 is 11.8 Å². The summed E-state index contributed by atoms with van der Waals surface area (Å²) in [6.07, 6.45) is 15.1. The number of rotatable bonds is 12. The summed E-state index contributed by atoms with van der Waals surface area (Å²) in [5, 5.41) is 8.46. The van der Waals surface area contributed by atoms with Crippen LogP contribution in [0.2, 0.25) is 0 Å². The molecule has 0 aliphatic carbocycles. The molecule has 0 saturated heterocycles. The van der Waals surface area contributed by atoms with E-state index in [9.17, 15) is 9.59 Å². The fourth-order valence-electron chi connectivity index (χ4n) is 1.69. The van der Waals surface area contributed by atoms with Crippen LogP contribution >= 0.6 is 0 Å². The van der Waals surface area contributed by atoms with Gasteiger partial charge in [-0.3, -0.25) is 9.59 Å². The number of unbranched alkanes of at least 4 members (excludes halogenated alkanes) is 5. The fourth-order valence-corrected chi connectivity index (χ4v) is 1.69. The summed E-state index contributed by atoms with van der Waals surface area (Å²) >= 11 is 0. The van der Waals surface area contributed by atoms with E-state index >= 15 is 0 Å². The standard InChI is InChI=1S/C16H26O3/c1-2-3-9-12-15(17)13-10-7-5-4-6-8-11-14-16(18)19/h5,7,10,13H,2-4,6,8-9,11-12,14H2,1H3,(H,18,19)/b7-5-,13-10+. The normalized spacial score (nSPS) is 11.4. The lowest BCUT2D eigenvalue weighted by molar-refractivity contribution is -0.137. The number of hydrogen-bond donors (Lipinski definition) is 1. The smallest absolute Gasteiger partial charge is 0.303 e. The Labute approximate surface area is 116 Å². The van der Waals surface area contributed by atoms with E-state index < -0.39 is 5.97 Å². The van der Waals surface area contributed by atoms with Gasteiger partial charge in [0.05, 0.1) is 0 Å². The minimum absolute atomic E-state index is 0.194. The van der Waals surface area contributed by atoms with E-state index in [1.807, 2.05) is 12.2 Å². The first-order chi connectivity index (χ1) is 9.16. The van der Waals surface area contributed by atoms with Gasteiger partial charge in [0.15, 0.2) is 5.78 Å². The summed E-state index contributed by atoms with van der Waals surface area (Å²) in [5.41, 5.74) is 0. The van der Waals surface area contributed by atoms with E-state index in [1.165, 1.54) is 0 Å². The van der Waals surface area contributed by atoms with Gasteiger partial charge in [-0.05, 0) is 31.8 Å². The molecule has 0 aliphatic heterocycles. The Balaban J connectivity index is 3.46. The van der Waals surface area contributed by atoms with Gasteiger partial charge in [-0.2, -0.15) is 0 Å². The molecule has 108 valence electrons. The average molecular weight is 266 g/mol. The van der Waals surface area contributed by atoms with Crippen molar-refractivity contribution in [3.63, 3.8) is 0 Å². The highest BCUT2D eigenvalue weighted by Gasteiger charge is 1.95. The van der Waals surface area contributed by atoms with E-state index in [-0.39, 0.29) is 12.2 Å². The molecule has 0 radical (unpaired) electrons. The Morgan fingerprint density at radius 1 is 0.947 bits per heavy atom. The molecule has 19 heavy (non-hydrogen) atoms. The number of allylic oxidation sites excluding steroid dienone is 4. The first-order valence-corrected chi connectivity index (χ1v) is 7.24. The number of carbonyl (C=O) groups is 2. The van der Waals surface area contributed by atoms with Crippen LogP contribution in [0.25, 0.3) is 0 Å². The number of carbonyl (C=O) groups excluding carboxylic acids is 1. The number of aliphatic carboxylic acids is 1. The van der Waals surface area contributed by atoms with Gasteiger partial charge in [0.2, 0.25) is 0 Å². The third kappa shape index (κ3) is 14.6. The molecule has 0 aromatic rings. The maximum Gasteiger partial charge on any atom is 0.303 e. The zero-order valence-electron chi connectivity index (χ0n) is 11.9. The number of hydrogen-bond acceptors (Lipinski definition) is 2. The molecule has 0 aromatic heterocycles.